The first-order chi connectivity index (χ1) is 19.4. The lowest BCUT2D eigenvalue weighted by atomic mass is 9.96. The number of amides is 4. The van der Waals surface area contributed by atoms with Gasteiger partial charge in [0.25, 0.3) is 23.6 Å². The molecular formula is C30H28N6O4. The number of pyridine rings is 2. The topological polar surface area (TPSA) is 142 Å². The van der Waals surface area contributed by atoms with Crippen molar-refractivity contribution in [1.82, 2.24) is 31.2 Å². The van der Waals surface area contributed by atoms with Crippen LogP contribution >= 0.6 is 0 Å². The average molecular weight is 537 g/mol. The van der Waals surface area contributed by atoms with Gasteiger partial charge in [-0.2, -0.15) is 0 Å². The standard InChI is InChI=1S/C30H28N6O4/c37-27-23-3-1-4-24(35-23)28(38)32-16-20-9-13-22(14-10-20)18-34-30(40)26-6-2-5-25(36-26)29(39)33-17-21-11-7-19(8-12-21)15-31-27/h1-13,22H,14-18H2,(H,31,37)(H,32,38)(H,33,39)(H,34,40). The Morgan fingerprint density at radius 2 is 1.02 bits per heavy atom. The Balaban J connectivity index is 1.34. The summed E-state index contributed by atoms with van der Waals surface area (Å²) in [6, 6.07) is 16.9. The highest BCUT2D eigenvalue weighted by Gasteiger charge is 2.16. The van der Waals surface area contributed by atoms with Crippen LogP contribution in [0.3, 0.4) is 0 Å². The summed E-state index contributed by atoms with van der Waals surface area (Å²) in [6.45, 7) is 1.25. The number of nitrogens with one attached hydrogen (secondary N) is 4. The lowest BCUT2D eigenvalue weighted by Crippen LogP contribution is -2.31. The average Bonchev–Trinajstić information content (AvgIpc) is 3.00. The monoisotopic (exact) mass is 536 g/mol. The largest absolute Gasteiger partial charge is 0.350 e. The lowest BCUT2D eigenvalue weighted by Gasteiger charge is -2.17. The molecule has 2 aromatic heterocycles. The summed E-state index contributed by atoms with van der Waals surface area (Å²) in [5, 5.41) is 11.4. The van der Waals surface area contributed by atoms with Crippen molar-refractivity contribution in [2.45, 2.75) is 19.5 Å². The van der Waals surface area contributed by atoms with Gasteiger partial charge in [-0.15, -0.1) is 0 Å². The SMILES string of the molecule is O=C1NCC2=CCC(C=C2)CNC(=O)c2cccc(n2)C(=O)NCc2ccc(cc2)CNC(=O)c2cccc1n2. The first-order valence-corrected chi connectivity index (χ1v) is 13.0. The summed E-state index contributed by atoms with van der Waals surface area (Å²) in [5.74, 6) is -1.43. The second kappa shape index (κ2) is 12.2. The Labute approximate surface area is 231 Å². The van der Waals surface area contributed by atoms with Gasteiger partial charge in [-0.25, -0.2) is 9.97 Å². The zero-order valence-corrected chi connectivity index (χ0v) is 21.6. The maximum atomic E-state index is 12.7. The molecule has 3 aromatic rings. The minimum absolute atomic E-state index is 0.0803. The van der Waals surface area contributed by atoms with Gasteiger partial charge in [0.05, 0.1) is 0 Å². The first-order valence-electron chi connectivity index (χ1n) is 13.0. The molecule has 202 valence electrons. The van der Waals surface area contributed by atoms with Gasteiger partial charge in [0.2, 0.25) is 0 Å². The van der Waals surface area contributed by atoms with Crippen molar-refractivity contribution in [2.75, 3.05) is 13.1 Å². The van der Waals surface area contributed by atoms with Gasteiger partial charge >= 0.3 is 0 Å². The van der Waals surface area contributed by atoms with E-state index in [0.717, 1.165) is 16.7 Å². The molecule has 0 fully saturated rings. The number of carbonyl (C=O) groups is 4. The van der Waals surface area contributed by atoms with Gasteiger partial charge in [-0.05, 0) is 53.3 Å². The van der Waals surface area contributed by atoms with E-state index in [1.54, 1.807) is 36.4 Å². The van der Waals surface area contributed by atoms with Crippen molar-refractivity contribution in [3.63, 3.8) is 0 Å². The fraction of sp³-hybridized carbons (Fsp3) is 0.200. The Morgan fingerprint density at radius 3 is 1.48 bits per heavy atom. The van der Waals surface area contributed by atoms with E-state index < -0.39 is 5.91 Å². The molecule has 5 aliphatic rings. The van der Waals surface area contributed by atoms with Crippen molar-refractivity contribution in [3.05, 3.63) is 118 Å². The smallest absolute Gasteiger partial charge is 0.270 e. The third-order valence-corrected chi connectivity index (χ3v) is 6.60. The molecule has 4 aliphatic heterocycles. The number of rotatable bonds is 0. The van der Waals surface area contributed by atoms with E-state index in [1.807, 2.05) is 42.5 Å². The van der Waals surface area contributed by atoms with Crippen LogP contribution in [0, 0.1) is 5.92 Å². The van der Waals surface area contributed by atoms with E-state index >= 15 is 0 Å². The van der Waals surface area contributed by atoms with Crippen molar-refractivity contribution >= 4 is 23.6 Å². The number of benzene rings is 1. The molecule has 0 saturated carbocycles. The van der Waals surface area contributed by atoms with Crippen LogP contribution in [0.1, 0.15) is 59.5 Å². The lowest BCUT2D eigenvalue weighted by molar-refractivity contribution is 0.0926. The fourth-order valence-corrected chi connectivity index (χ4v) is 4.27. The van der Waals surface area contributed by atoms with Gasteiger partial charge < -0.3 is 21.3 Å². The molecule has 8 rings (SSSR count). The number of nitrogens with zero attached hydrogens (tertiary/aromatic N) is 2. The van der Waals surface area contributed by atoms with Crippen LogP contribution in [0.25, 0.3) is 0 Å². The van der Waals surface area contributed by atoms with Crippen LogP contribution in [0.4, 0.5) is 0 Å². The third-order valence-electron chi connectivity index (χ3n) is 6.60. The van der Waals surface area contributed by atoms with E-state index in [0.29, 0.717) is 19.5 Å². The Morgan fingerprint density at radius 1 is 0.575 bits per heavy atom. The van der Waals surface area contributed by atoms with Crippen molar-refractivity contribution in [1.29, 1.82) is 0 Å². The van der Waals surface area contributed by atoms with Gasteiger partial charge in [-0.3, -0.25) is 19.2 Å². The molecule has 4 N–H and O–H groups in total. The molecule has 6 heterocycles. The molecule has 1 aromatic carbocycles. The van der Waals surface area contributed by atoms with Gasteiger partial charge in [0.1, 0.15) is 22.8 Å². The molecule has 40 heavy (non-hydrogen) atoms. The number of allylic oxidation sites excluding steroid dienone is 1. The highest BCUT2D eigenvalue weighted by atomic mass is 16.2. The molecule has 8 bridgehead atoms. The van der Waals surface area contributed by atoms with Crippen LogP contribution in [0.15, 0.2) is 84.5 Å². The predicted octanol–water partition coefficient (Wildman–Crippen LogP) is 2.31. The van der Waals surface area contributed by atoms with Gasteiger partial charge in [-0.1, -0.05) is 54.6 Å². The maximum Gasteiger partial charge on any atom is 0.270 e. The summed E-state index contributed by atoms with van der Waals surface area (Å²) < 4.78 is 0. The molecule has 0 spiro atoms. The zero-order chi connectivity index (χ0) is 27.9. The van der Waals surface area contributed by atoms with Gasteiger partial charge in [0, 0.05) is 26.2 Å². The van der Waals surface area contributed by atoms with Crippen LogP contribution < -0.4 is 21.3 Å². The molecule has 0 saturated heterocycles. The predicted molar refractivity (Wildman–Crippen MR) is 147 cm³/mol. The maximum absolute atomic E-state index is 12.7. The highest BCUT2D eigenvalue weighted by molar-refractivity contribution is 5.97. The van der Waals surface area contributed by atoms with Crippen LogP contribution in [-0.2, 0) is 13.1 Å². The van der Waals surface area contributed by atoms with Crippen molar-refractivity contribution in [3.8, 4) is 0 Å². The van der Waals surface area contributed by atoms with E-state index in [-0.39, 0.29) is 59.5 Å². The van der Waals surface area contributed by atoms with Crippen molar-refractivity contribution in [2.24, 2.45) is 5.92 Å². The van der Waals surface area contributed by atoms with E-state index in [2.05, 4.69) is 31.2 Å². The molecule has 10 nitrogen and oxygen atoms in total. The van der Waals surface area contributed by atoms with Crippen LogP contribution in [0.5, 0.6) is 0 Å². The Kier molecular flexibility index (Phi) is 8.05. The van der Waals surface area contributed by atoms with Crippen LogP contribution in [-0.4, -0.2) is 46.7 Å². The first kappa shape index (κ1) is 26.5. The third kappa shape index (κ3) is 6.65. The van der Waals surface area contributed by atoms with E-state index in [4.69, 9.17) is 0 Å². The summed E-state index contributed by atoms with van der Waals surface area (Å²) in [4.78, 5) is 59.2. The molecule has 1 aliphatic carbocycles. The number of aromatic nitrogens is 2. The molecule has 10 heteroatoms. The molecular weight excluding hydrogens is 508 g/mol. The number of hydrogen-bond acceptors (Lipinski definition) is 6. The summed E-state index contributed by atoms with van der Waals surface area (Å²) in [7, 11) is 0. The Bertz CT molecular complexity index is 1510. The second-order valence-electron chi connectivity index (χ2n) is 9.52. The zero-order valence-electron chi connectivity index (χ0n) is 21.6. The number of carbonyl (C=O) groups excluding carboxylic acids is 4. The molecule has 1 atom stereocenters. The normalized spacial score (nSPS) is 18.3. The second-order valence-corrected chi connectivity index (χ2v) is 9.52. The fourth-order valence-electron chi connectivity index (χ4n) is 4.27. The van der Waals surface area contributed by atoms with Crippen molar-refractivity contribution < 1.29 is 19.2 Å². The van der Waals surface area contributed by atoms with E-state index in [9.17, 15) is 19.2 Å². The Hall–Kier alpha value is -5.12. The molecule has 1 unspecified atom stereocenters. The van der Waals surface area contributed by atoms with Gasteiger partial charge in [0.15, 0.2) is 0 Å². The summed E-state index contributed by atoms with van der Waals surface area (Å²) >= 11 is 0. The highest BCUT2D eigenvalue weighted by Crippen LogP contribution is 2.16. The summed E-state index contributed by atoms with van der Waals surface area (Å²) in [5.41, 5.74) is 3.26. The molecule has 0 radical (unpaired) electrons. The quantitative estimate of drug-likeness (QED) is 0.347. The van der Waals surface area contributed by atoms with Crippen LogP contribution in [0.2, 0.25) is 0 Å². The van der Waals surface area contributed by atoms with E-state index in [1.165, 1.54) is 0 Å². The number of hydrogen-bond donors (Lipinski definition) is 4. The molecule has 4 amide bonds. The minimum Gasteiger partial charge on any atom is -0.350 e. The minimum atomic E-state index is -0.391. The summed E-state index contributed by atoms with van der Waals surface area (Å²) in [6.07, 6.45) is 6.59.